The molecular weight excluding hydrogens is 426 g/mol. The van der Waals surface area contributed by atoms with Crippen molar-refractivity contribution >= 4 is 16.9 Å². The smallest absolute Gasteiger partial charge is 0.260 e. The second-order valence-electron chi connectivity index (χ2n) is 8.10. The van der Waals surface area contributed by atoms with E-state index in [1.807, 2.05) is 13.8 Å². The Bertz CT molecular complexity index is 1190. The summed E-state index contributed by atoms with van der Waals surface area (Å²) in [7, 11) is 1.58. The van der Waals surface area contributed by atoms with E-state index in [1.165, 1.54) is 0 Å². The zero-order chi connectivity index (χ0) is 23.5. The molecule has 1 aliphatic rings. The molecule has 0 N–H and O–H groups in total. The summed E-state index contributed by atoms with van der Waals surface area (Å²) in [6.07, 6.45) is -0.0186. The van der Waals surface area contributed by atoms with Crippen LogP contribution in [0.2, 0.25) is 0 Å². The topological polar surface area (TPSA) is 87.4 Å². The van der Waals surface area contributed by atoms with Crippen LogP contribution in [0.4, 0.5) is 0 Å². The first-order valence-corrected chi connectivity index (χ1v) is 10.8. The zero-order valence-corrected chi connectivity index (χ0v) is 19.1. The van der Waals surface area contributed by atoms with Crippen LogP contribution in [0.5, 0.6) is 23.0 Å². The van der Waals surface area contributed by atoms with Crippen molar-refractivity contribution in [3.05, 3.63) is 58.4 Å². The molecule has 8 nitrogen and oxygen atoms in total. The number of hydrogen-bond donors (Lipinski definition) is 0. The number of benzene rings is 2. The third kappa shape index (κ3) is 5.12. The fourth-order valence-electron chi connectivity index (χ4n) is 3.86. The van der Waals surface area contributed by atoms with Crippen molar-refractivity contribution in [2.45, 2.75) is 33.0 Å². The lowest BCUT2D eigenvalue weighted by molar-refractivity contribution is -0.145. The molecule has 3 aromatic rings. The zero-order valence-electron chi connectivity index (χ0n) is 19.1. The summed E-state index contributed by atoms with van der Waals surface area (Å²) in [4.78, 5) is 27.3. The van der Waals surface area contributed by atoms with Gasteiger partial charge in [-0.2, -0.15) is 0 Å². The number of aryl methyl sites for hydroxylation is 1. The highest BCUT2D eigenvalue weighted by atomic mass is 16.5. The van der Waals surface area contributed by atoms with Crippen molar-refractivity contribution in [2.24, 2.45) is 0 Å². The van der Waals surface area contributed by atoms with Crippen molar-refractivity contribution in [3.8, 4) is 23.0 Å². The maximum atomic E-state index is 13.0. The van der Waals surface area contributed by atoms with Crippen LogP contribution in [0.3, 0.4) is 0 Å². The Hall–Kier alpha value is -3.52. The summed E-state index contributed by atoms with van der Waals surface area (Å²) in [5, 5.41) is 0.360. The van der Waals surface area contributed by atoms with E-state index in [2.05, 4.69) is 0 Å². The highest BCUT2D eigenvalue weighted by Gasteiger charge is 2.26. The molecule has 2 atom stereocenters. The maximum Gasteiger partial charge on any atom is 0.260 e. The van der Waals surface area contributed by atoms with Crippen LogP contribution < -0.4 is 19.6 Å². The van der Waals surface area contributed by atoms with Gasteiger partial charge in [0, 0.05) is 19.2 Å². The van der Waals surface area contributed by atoms with Crippen LogP contribution in [-0.2, 0) is 9.53 Å². The predicted molar refractivity (Wildman–Crippen MR) is 122 cm³/mol. The Labute approximate surface area is 191 Å². The van der Waals surface area contributed by atoms with E-state index in [9.17, 15) is 9.59 Å². The first-order valence-electron chi connectivity index (χ1n) is 10.8. The monoisotopic (exact) mass is 453 g/mol. The van der Waals surface area contributed by atoms with Gasteiger partial charge in [-0.25, -0.2) is 0 Å². The Morgan fingerprint density at radius 1 is 1.03 bits per heavy atom. The molecule has 2 aromatic carbocycles. The fraction of sp³-hybridized carbons (Fsp3) is 0.360. The summed E-state index contributed by atoms with van der Waals surface area (Å²) in [6.45, 7) is 6.52. The average molecular weight is 453 g/mol. The Morgan fingerprint density at radius 3 is 2.33 bits per heavy atom. The highest BCUT2D eigenvalue weighted by molar-refractivity contribution is 5.80. The molecule has 1 saturated heterocycles. The molecule has 1 aromatic heterocycles. The van der Waals surface area contributed by atoms with Crippen LogP contribution in [-0.4, -0.2) is 49.8 Å². The molecule has 0 aliphatic carbocycles. The van der Waals surface area contributed by atoms with Crippen molar-refractivity contribution in [1.29, 1.82) is 0 Å². The van der Waals surface area contributed by atoms with Gasteiger partial charge in [0.25, 0.3) is 5.91 Å². The normalized spacial score (nSPS) is 18.2. The molecule has 0 bridgehead atoms. The number of rotatable bonds is 6. The summed E-state index contributed by atoms with van der Waals surface area (Å²) >= 11 is 0. The van der Waals surface area contributed by atoms with Crippen LogP contribution in [0.15, 0.2) is 51.7 Å². The van der Waals surface area contributed by atoms with E-state index in [-0.39, 0.29) is 35.9 Å². The minimum absolute atomic E-state index is 0.00931. The van der Waals surface area contributed by atoms with E-state index in [0.717, 1.165) is 0 Å². The number of carbonyl (C=O) groups is 1. The van der Waals surface area contributed by atoms with Gasteiger partial charge in [-0.1, -0.05) is 0 Å². The second-order valence-corrected chi connectivity index (χ2v) is 8.10. The molecule has 1 fully saturated rings. The van der Waals surface area contributed by atoms with Gasteiger partial charge in [0.05, 0.1) is 24.7 Å². The standard InChI is InChI=1S/C25H27NO7/c1-15-12-26(13-16(2)31-15)23(27)14-30-20-9-10-21-22(11-20)32-17(3)25(24(21)28)33-19-7-5-18(29-4)6-8-19/h5-11,15-16H,12-14H2,1-4H3/t15-,16-/m1/s1. The molecule has 1 amide bonds. The predicted octanol–water partition coefficient (Wildman–Crippen LogP) is 3.92. The number of morpholine rings is 1. The molecular formula is C25H27NO7. The third-order valence-electron chi connectivity index (χ3n) is 5.40. The number of methoxy groups -OCH3 is 1. The Kier molecular flexibility index (Phi) is 6.55. The lowest BCUT2D eigenvalue weighted by atomic mass is 10.2. The summed E-state index contributed by atoms with van der Waals surface area (Å²) < 4.78 is 28.1. The van der Waals surface area contributed by atoms with Crippen LogP contribution >= 0.6 is 0 Å². The van der Waals surface area contributed by atoms with Gasteiger partial charge in [-0.3, -0.25) is 9.59 Å². The number of ether oxygens (including phenoxy) is 4. The molecule has 0 unspecified atom stereocenters. The van der Waals surface area contributed by atoms with Gasteiger partial charge in [0.1, 0.15) is 28.6 Å². The first-order chi connectivity index (χ1) is 15.8. The lowest BCUT2D eigenvalue weighted by Gasteiger charge is -2.35. The Balaban J connectivity index is 1.49. The summed E-state index contributed by atoms with van der Waals surface area (Å²) in [5.41, 5.74) is 0.0710. The van der Waals surface area contributed by atoms with Crippen LogP contribution in [0, 0.1) is 6.92 Å². The fourth-order valence-corrected chi connectivity index (χ4v) is 3.86. The summed E-state index contributed by atoms with van der Waals surface area (Å²) in [6, 6.07) is 11.8. The first kappa shape index (κ1) is 22.7. The van der Waals surface area contributed by atoms with Gasteiger partial charge in [0.2, 0.25) is 11.2 Å². The number of fused-ring (bicyclic) bond motifs is 1. The highest BCUT2D eigenvalue weighted by Crippen LogP contribution is 2.28. The van der Waals surface area contributed by atoms with E-state index < -0.39 is 0 Å². The molecule has 0 radical (unpaired) electrons. The number of hydrogen-bond acceptors (Lipinski definition) is 7. The van der Waals surface area contributed by atoms with Gasteiger partial charge in [-0.05, 0) is 57.2 Å². The van der Waals surface area contributed by atoms with Crippen LogP contribution in [0.25, 0.3) is 11.0 Å². The SMILES string of the molecule is COc1ccc(Oc2c(C)oc3cc(OCC(=O)N4C[C@@H](C)O[C@H](C)C4)ccc3c2=O)cc1. The Morgan fingerprint density at radius 2 is 1.67 bits per heavy atom. The quantitative estimate of drug-likeness (QED) is 0.559. The van der Waals surface area contributed by atoms with Gasteiger partial charge < -0.3 is 28.3 Å². The molecule has 0 saturated carbocycles. The lowest BCUT2D eigenvalue weighted by Crippen LogP contribution is -2.49. The van der Waals surface area contributed by atoms with Gasteiger partial charge in [0.15, 0.2) is 6.61 Å². The average Bonchev–Trinajstić information content (AvgIpc) is 2.79. The minimum atomic E-state index is -0.288. The second kappa shape index (κ2) is 9.54. The van der Waals surface area contributed by atoms with Gasteiger partial charge >= 0.3 is 0 Å². The van der Waals surface area contributed by atoms with Crippen molar-refractivity contribution in [3.63, 3.8) is 0 Å². The van der Waals surface area contributed by atoms with Crippen LogP contribution in [0.1, 0.15) is 19.6 Å². The van der Waals surface area contributed by atoms with E-state index in [4.69, 9.17) is 23.4 Å². The molecule has 4 rings (SSSR count). The summed E-state index contributed by atoms with van der Waals surface area (Å²) in [5.74, 6) is 1.97. The molecule has 174 valence electrons. The molecule has 0 spiro atoms. The van der Waals surface area contributed by atoms with Crippen molar-refractivity contribution in [2.75, 3.05) is 26.8 Å². The third-order valence-corrected chi connectivity index (χ3v) is 5.40. The molecule has 33 heavy (non-hydrogen) atoms. The van der Waals surface area contributed by atoms with E-state index in [1.54, 1.807) is 61.4 Å². The number of nitrogens with zero attached hydrogens (tertiary/aromatic N) is 1. The van der Waals surface area contributed by atoms with Crippen molar-refractivity contribution < 1.29 is 28.2 Å². The van der Waals surface area contributed by atoms with E-state index >= 15 is 0 Å². The number of carbonyl (C=O) groups excluding carboxylic acids is 1. The number of amides is 1. The molecule has 8 heteroatoms. The van der Waals surface area contributed by atoms with Crippen molar-refractivity contribution in [1.82, 2.24) is 4.90 Å². The molecule has 2 heterocycles. The maximum absolute atomic E-state index is 13.0. The largest absolute Gasteiger partial charge is 0.497 e. The van der Waals surface area contributed by atoms with E-state index in [0.29, 0.717) is 47.1 Å². The minimum Gasteiger partial charge on any atom is -0.497 e. The molecule has 1 aliphatic heterocycles. The van der Waals surface area contributed by atoms with Gasteiger partial charge in [-0.15, -0.1) is 0 Å².